The van der Waals surface area contributed by atoms with Crippen LogP contribution in [0.15, 0.2) is 18.2 Å². The molecule has 1 N–H and O–H groups in total. The number of hydrogen-bond donors (Lipinski definition) is 1. The van der Waals surface area contributed by atoms with E-state index in [-0.39, 0.29) is 11.3 Å². The minimum Gasteiger partial charge on any atom is -0.325 e. The van der Waals surface area contributed by atoms with E-state index in [2.05, 4.69) is 36.2 Å². The summed E-state index contributed by atoms with van der Waals surface area (Å²) in [5.74, 6) is 0.207. The Morgan fingerprint density at radius 1 is 1.33 bits per heavy atom. The number of nitrogens with one attached hydrogen (secondary N) is 1. The molecule has 0 radical (unpaired) electrons. The first kappa shape index (κ1) is 11.7. The van der Waals surface area contributed by atoms with Gasteiger partial charge in [-0.2, -0.15) is 0 Å². The Morgan fingerprint density at radius 3 is 2.72 bits per heavy atom. The van der Waals surface area contributed by atoms with Gasteiger partial charge >= 0.3 is 0 Å². The normalized spacial score (nSPS) is 22.0. The zero-order valence-corrected chi connectivity index (χ0v) is 11.1. The molecule has 3 nitrogen and oxygen atoms in total. The van der Waals surface area contributed by atoms with Crippen LogP contribution in [-0.4, -0.2) is 30.4 Å². The van der Waals surface area contributed by atoms with Crippen LogP contribution >= 0.6 is 0 Å². The molecule has 2 aliphatic heterocycles. The third-order valence-corrected chi connectivity index (χ3v) is 4.53. The number of piperidine rings is 1. The van der Waals surface area contributed by atoms with Gasteiger partial charge in [0.1, 0.15) is 0 Å². The summed E-state index contributed by atoms with van der Waals surface area (Å²) in [5, 5.41) is 3.06. The van der Waals surface area contributed by atoms with Crippen molar-refractivity contribution in [2.24, 2.45) is 0 Å². The van der Waals surface area contributed by atoms with Gasteiger partial charge in [-0.05, 0) is 51.0 Å². The Morgan fingerprint density at radius 2 is 2.06 bits per heavy atom. The van der Waals surface area contributed by atoms with E-state index < -0.39 is 0 Å². The topological polar surface area (TPSA) is 32.3 Å². The molecule has 96 valence electrons. The summed E-state index contributed by atoms with van der Waals surface area (Å²) < 4.78 is 0. The Hall–Kier alpha value is -1.35. The van der Waals surface area contributed by atoms with Crippen LogP contribution in [0, 0.1) is 6.92 Å². The Bertz CT molecular complexity index is 487. The number of nitrogens with zero attached hydrogens (tertiary/aromatic N) is 1. The van der Waals surface area contributed by atoms with Crippen LogP contribution in [0.3, 0.4) is 0 Å². The maximum absolute atomic E-state index is 12.4. The summed E-state index contributed by atoms with van der Waals surface area (Å²) in [6.45, 7) is 7.41. The molecule has 1 aromatic rings. The molecule has 0 aliphatic carbocycles. The minimum atomic E-state index is -0.257. The molecule has 0 bridgehead atoms. The Balaban J connectivity index is 1.98. The van der Waals surface area contributed by atoms with Crippen molar-refractivity contribution >= 4 is 11.6 Å². The quantitative estimate of drug-likeness (QED) is 0.822. The van der Waals surface area contributed by atoms with Gasteiger partial charge in [0.25, 0.3) is 0 Å². The Kier molecular flexibility index (Phi) is 2.67. The molecule has 1 fully saturated rings. The monoisotopic (exact) mass is 244 g/mol. The number of fused-ring (bicyclic) bond motifs is 2. The van der Waals surface area contributed by atoms with E-state index >= 15 is 0 Å². The predicted octanol–water partition coefficient (Wildman–Crippen LogP) is 2.30. The van der Waals surface area contributed by atoms with E-state index in [9.17, 15) is 4.79 Å². The average molecular weight is 244 g/mol. The molecule has 0 unspecified atom stereocenters. The summed E-state index contributed by atoms with van der Waals surface area (Å²) in [6, 6.07) is 6.30. The van der Waals surface area contributed by atoms with Crippen molar-refractivity contribution in [3.8, 4) is 0 Å². The number of benzene rings is 1. The largest absolute Gasteiger partial charge is 0.325 e. The molecule has 0 aromatic heterocycles. The summed E-state index contributed by atoms with van der Waals surface area (Å²) >= 11 is 0. The molecule has 2 aliphatic rings. The van der Waals surface area contributed by atoms with Crippen LogP contribution < -0.4 is 5.32 Å². The van der Waals surface area contributed by atoms with E-state index in [1.54, 1.807) is 0 Å². The highest BCUT2D eigenvalue weighted by Crippen LogP contribution is 2.45. The number of rotatable bonds is 1. The molecule has 0 atom stereocenters. The third kappa shape index (κ3) is 1.57. The van der Waals surface area contributed by atoms with Crippen LogP contribution in [-0.2, 0) is 10.2 Å². The van der Waals surface area contributed by atoms with E-state index in [0.717, 1.165) is 38.2 Å². The summed E-state index contributed by atoms with van der Waals surface area (Å²) in [6.07, 6.45) is 1.90. The van der Waals surface area contributed by atoms with E-state index in [0.29, 0.717) is 0 Å². The van der Waals surface area contributed by atoms with Gasteiger partial charge < -0.3 is 10.2 Å². The highest BCUT2D eigenvalue weighted by molar-refractivity contribution is 6.06. The molecule has 3 heteroatoms. The van der Waals surface area contributed by atoms with Crippen molar-refractivity contribution in [1.82, 2.24) is 4.90 Å². The predicted molar refractivity (Wildman–Crippen MR) is 72.8 cm³/mol. The second-order valence-corrected chi connectivity index (χ2v) is 5.52. The molecule has 1 aromatic carbocycles. The lowest BCUT2D eigenvalue weighted by atomic mass is 9.73. The maximum atomic E-state index is 12.4. The third-order valence-electron chi connectivity index (χ3n) is 4.53. The van der Waals surface area contributed by atoms with Crippen LogP contribution in [0.1, 0.15) is 30.9 Å². The van der Waals surface area contributed by atoms with Crippen molar-refractivity contribution in [3.05, 3.63) is 29.3 Å². The van der Waals surface area contributed by atoms with Crippen LogP contribution in [0.2, 0.25) is 0 Å². The van der Waals surface area contributed by atoms with Gasteiger partial charge in [0.2, 0.25) is 5.91 Å². The number of amides is 1. The average Bonchev–Trinajstić information content (AvgIpc) is 2.64. The van der Waals surface area contributed by atoms with Crippen LogP contribution in [0.4, 0.5) is 5.69 Å². The minimum absolute atomic E-state index is 0.207. The van der Waals surface area contributed by atoms with Gasteiger partial charge in [-0.15, -0.1) is 0 Å². The fraction of sp³-hybridized carbons (Fsp3) is 0.533. The number of likely N-dealkylation sites (tertiary alicyclic amines) is 1. The van der Waals surface area contributed by atoms with Gasteiger partial charge in [0.15, 0.2) is 0 Å². The summed E-state index contributed by atoms with van der Waals surface area (Å²) in [7, 11) is 0. The second-order valence-electron chi connectivity index (χ2n) is 5.52. The lowest BCUT2D eigenvalue weighted by molar-refractivity contribution is -0.122. The van der Waals surface area contributed by atoms with E-state index in [4.69, 9.17) is 0 Å². The first-order chi connectivity index (χ1) is 8.65. The standard InChI is InChI=1S/C15H20N2O/c1-3-17-8-6-15(7-9-17)12-10-11(2)4-5-13(12)16-14(15)18/h4-5,10H,3,6-9H2,1-2H3,(H,16,18). The van der Waals surface area contributed by atoms with Gasteiger partial charge in [0.05, 0.1) is 5.41 Å². The number of aryl methyl sites for hydroxylation is 1. The molecular weight excluding hydrogens is 224 g/mol. The van der Waals surface area contributed by atoms with Crippen molar-refractivity contribution in [1.29, 1.82) is 0 Å². The van der Waals surface area contributed by atoms with Gasteiger partial charge in [0, 0.05) is 5.69 Å². The number of anilines is 1. The Labute approximate surface area is 108 Å². The highest BCUT2D eigenvalue weighted by Gasteiger charge is 2.48. The fourth-order valence-electron chi connectivity index (χ4n) is 3.27. The van der Waals surface area contributed by atoms with Crippen LogP contribution in [0.5, 0.6) is 0 Å². The first-order valence-electron chi connectivity index (χ1n) is 6.81. The van der Waals surface area contributed by atoms with Crippen molar-refractivity contribution in [2.75, 3.05) is 25.0 Å². The SMILES string of the molecule is CCN1CCC2(CC1)C(=O)Nc1ccc(C)cc12. The zero-order chi connectivity index (χ0) is 12.8. The summed E-state index contributed by atoms with van der Waals surface area (Å²) in [4.78, 5) is 14.8. The van der Waals surface area contributed by atoms with Crippen molar-refractivity contribution in [3.63, 3.8) is 0 Å². The second kappa shape index (κ2) is 4.09. The zero-order valence-electron chi connectivity index (χ0n) is 11.1. The number of hydrogen-bond acceptors (Lipinski definition) is 2. The van der Waals surface area contributed by atoms with Gasteiger partial charge in [-0.3, -0.25) is 4.79 Å². The fourth-order valence-corrected chi connectivity index (χ4v) is 3.27. The van der Waals surface area contributed by atoms with Gasteiger partial charge in [-0.1, -0.05) is 24.6 Å². The lowest BCUT2D eigenvalue weighted by Crippen LogP contribution is -2.46. The molecule has 18 heavy (non-hydrogen) atoms. The lowest BCUT2D eigenvalue weighted by Gasteiger charge is -2.37. The molecule has 0 saturated carbocycles. The van der Waals surface area contributed by atoms with Crippen molar-refractivity contribution < 1.29 is 4.79 Å². The molecule has 1 amide bonds. The van der Waals surface area contributed by atoms with Crippen LogP contribution in [0.25, 0.3) is 0 Å². The smallest absolute Gasteiger partial charge is 0.235 e. The molecular formula is C15H20N2O. The molecule has 1 saturated heterocycles. The molecule has 3 rings (SSSR count). The van der Waals surface area contributed by atoms with Crippen molar-refractivity contribution in [2.45, 2.75) is 32.1 Å². The molecule has 2 heterocycles. The molecule has 1 spiro atoms. The first-order valence-corrected chi connectivity index (χ1v) is 6.81. The van der Waals surface area contributed by atoms with E-state index in [1.165, 1.54) is 11.1 Å². The number of carbonyl (C=O) groups is 1. The number of carbonyl (C=O) groups excluding carboxylic acids is 1. The highest BCUT2D eigenvalue weighted by atomic mass is 16.2. The van der Waals surface area contributed by atoms with E-state index in [1.807, 2.05) is 6.07 Å². The maximum Gasteiger partial charge on any atom is 0.235 e. The van der Waals surface area contributed by atoms with Gasteiger partial charge in [-0.25, -0.2) is 0 Å². The summed E-state index contributed by atoms with van der Waals surface area (Å²) in [5.41, 5.74) is 3.23.